The van der Waals surface area contributed by atoms with Crippen molar-refractivity contribution < 1.29 is 38.8 Å². The number of carbonyl (C=O) groups is 2. The lowest BCUT2D eigenvalue weighted by molar-refractivity contribution is -0.139. The van der Waals surface area contributed by atoms with Crippen molar-refractivity contribution >= 4 is 11.9 Å². The average molecular weight is 556 g/mol. The smallest absolute Gasteiger partial charge is 0.305 e. The van der Waals surface area contributed by atoms with Gasteiger partial charge in [-0.1, -0.05) is 6.07 Å². The van der Waals surface area contributed by atoms with E-state index in [-0.39, 0.29) is 43.5 Å². The number of aromatic nitrogens is 2. The van der Waals surface area contributed by atoms with Crippen molar-refractivity contribution in [3.05, 3.63) is 65.2 Å². The lowest BCUT2D eigenvalue weighted by atomic mass is 10.1. The summed E-state index contributed by atoms with van der Waals surface area (Å²) in [6, 6.07) is 11.2. The number of hydrogen-bond acceptors (Lipinski definition) is 7. The fraction of sp³-hybridized carbons (Fsp3) is 0.414. The van der Waals surface area contributed by atoms with Crippen LogP contribution >= 0.6 is 0 Å². The Hall–Kier alpha value is -3.96. The van der Waals surface area contributed by atoms with Crippen LogP contribution in [0.4, 0.5) is 4.39 Å². The summed E-state index contributed by atoms with van der Waals surface area (Å²) >= 11 is 0. The van der Waals surface area contributed by atoms with Gasteiger partial charge in [-0.25, -0.2) is 9.37 Å². The summed E-state index contributed by atoms with van der Waals surface area (Å²) in [4.78, 5) is 29.0. The molecule has 214 valence electrons. The lowest BCUT2D eigenvalue weighted by Crippen LogP contribution is -2.25. The molecular weight excluding hydrogens is 521 g/mol. The fourth-order valence-electron chi connectivity index (χ4n) is 4.70. The molecule has 0 aliphatic heterocycles. The van der Waals surface area contributed by atoms with Crippen molar-refractivity contribution in [2.24, 2.45) is 0 Å². The number of aliphatic carboxylic acids is 1. The van der Waals surface area contributed by atoms with E-state index in [1.807, 2.05) is 10.6 Å². The maximum absolute atomic E-state index is 13.7. The monoisotopic (exact) mass is 555 g/mol. The number of amides is 1. The maximum atomic E-state index is 13.7. The summed E-state index contributed by atoms with van der Waals surface area (Å²) in [6.45, 7) is 0.498. The van der Waals surface area contributed by atoms with Gasteiger partial charge in [-0.2, -0.15) is 0 Å². The zero-order valence-electron chi connectivity index (χ0n) is 22.5. The highest BCUT2D eigenvalue weighted by Crippen LogP contribution is 2.43. The first-order valence-electron chi connectivity index (χ1n) is 13.1. The normalized spacial score (nSPS) is 14.4. The Kier molecular flexibility index (Phi) is 9.38. The molecule has 10 nitrogen and oxygen atoms in total. The van der Waals surface area contributed by atoms with Gasteiger partial charge in [-0.3, -0.25) is 9.59 Å². The number of nitrogens with zero attached hydrogens (tertiary/aromatic N) is 2. The molecule has 0 saturated heterocycles. The maximum Gasteiger partial charge on any atom is 0.305 e. The van der Waals surface area contributed by atoms with Gasteiger partial charge in [0, 0.05) is 24.6 Å². The number of nitrogens with one attached hydrogen (secondary N) is 1. The molecule has 0 bridgehead atoms. The molecule has 1 aliphatic carbocycles. The predicted octanol–water partition coefficient (Wildman–Crippen LogP) is 3.49. The standard InChI is InChI=1S/C29H34FN3O7/c1-39-23-10-3-17(13-24(23)40-2)16-31-29(38)26-27(18-4-5-18)33(12-11-21(34)14-22(35)15-25(36)37)28(32-26)19-6-8-20(30)9-7-19/h3,6-10,13,18,21-22,34-35H,4-5,11-12,14-16H2,1-2H3,(H,31,38)(H,36,37)/t21-,22-/m1/s1. The van der Waals surface area contributed by atoms with Crippen molar-refractivity contribution in [3.8, 4) is 22.9 Å². The van der Waals surface area contributed by atoms with Crippen LogP contribution in [0.5, 0.6) is 11.5 Å². The highest BCUT2D eigenvalue weighted by molar-refractivity contribution is 5.94. The quantitative estimate of drug-likeness (QED) is 0.237. The van der Waals surface area contributed by atoms with E-state index < -0.39 is 30.4 Å². The number of ether oxygens (including phenoxy) is 2. The topological polar surface area (TPSA) is 143 Å². The summed E-state index contributed by atoms with van der Waals surface area (Å²) in [7, 11) is 3.08. The van der Waals surface area contributed by atoms with Crippen molar-refractivity contribution in [2.45, 2.75) is 63.3 Å². The Morgan fingerprint density at radius 1 is 1.07 bits per heavy atom. The van der Waals surface area contributed by atoms with Gasteiger partial charge in [0.1, 0.15) is 17.3 Å². The Labute approximate surface area is 231 Å². The van der Waals surface area contributed by atoms with E-state index in [0.717, 1.165) is 24.1 Å². The zero-order valence-corrected chi connectivity index (χ0v) is 22.5. The van der Waals surface area contributed by atoms with Crippen LogP contribution in [0.2, 0.25) is 0 Å². The first kappa shape index (κ1) is 29.0. The molecule has 4 rings (SSSR count). The van der Waals surface area contributed by atoms with E-state index >= 15 is 0 Å². The third kappa shape index (κ3) is 7.16. The number of carboxylic acids is 1. The van der Waals surface area contributed by atoms with E-state index in [2.05, 4.69) is 5.32 Å². The first-order chi connectivity index (χ1) is 19.2. The Bertz CT molecular complexity index is 1340. The van der Waals surface area contributed by atoms with Crippen LogP contribution in [0.25, 0.3) is 11.4 Å². The third-order valence-corrected chi connectivity index (χ3v) is 6.83. The summed E-state index contributed by atoms with van der Waals surface area (Å²) in [6.07, 6.45) is -0.729. The minimum Gasteiger partial charge on any atom is -0.493 e. The van der Waals surface area contributed by atoms with Gasteiger partial charge in [0.25, 0.3) is 5.91 Å². The van der Waals surface area contributed by atoms with Gasteiger partial charge >= 0.3 is 5.97 Å². The number of carbonyl (C=O) groups excluding carboxylic acids is 1. The van der Waals surface area contributed by atoms with Gasteiger partial charge in [-0.05, 0) is 67.6 Å². The minimum absolute atomic E-state index is 0.0929. The molecule has 1 saturated carbocycles. The molecule has 2 aromatic carbocycles. The lowest BCUT2D eigenvalue weighted by Gasteiger charge is -2.17. The van der Waals surface area contributed by atoms with Crippen LogP contribution in [-0.4, -0.2) is 63.2 Å². The van der Waals surface area contributed by atoms with Crippen LogP contribution < -0.4 is 14.8 Å². The summed E-state index contributed by atoms with van der Waals surface area (Å²) < 4.78 is 26.2. The number of methoxy groups -OCH3 is 2. The van der Waals surface area contributed by atoms with Gasteiger partial charge in [-0.15, -0.1) is 0 Å². The van der Waals surface area contributed by atoms with E-state index in [1.165, 1.54) is 19.2 Å². The molecule has 4 N–H and O–H groups in total. The number of rotatable bonds is 14. The van der Waals surface area contributed by atoms with Gasteiger partial charge < -0.3 is 34.7 Å². The number of halogens is 1. The second-order valence-electron chi connectivity index (χ2n) is 9.90. The van der Waals surface area contributed by atoms with Gasteiger partial charge in [0.05, 0.1) is 38.5 Å². The van der Waals surface area contributed by atoms with E-state index in [9.17, 15) is 24.2 Å². The number of hydrogen-bond donors (Lipinski definition) is 4. The predicted molar refractivity (Wildman–Crippen MR) is 144 cm³/mol. The van der Waals surface area contributed by atoms with Crippen LogP contribution in [0.15, 0.2) is 42.5 Å². The van der Waals surface area contributed by atoms with Gasteiger partial charge in [0.15, 0.2) is 11.5 Å². The molecule has 40 heavy (non-hydrogen) atoms. The molecule has 0 radical (unpaired) electrons. The highest BCUT2D eigenvalue weighted by Gasteiger charge is 2.35. The number of aliphatic hydroxyl groups excluding tert-OH is 2. The third-order valence-electron chi connectivity index (χ3n) is 6.83. The second-order valence-corrected chi connectivity index (χ2v) is 9.90. The molecule has 0 unspecified atom stereocenters. The molecule has 1 aliphatic rings. The summed E-state index contributed by atoms with van der Waals surface area (Å²) in [5, 5.41) is 32.2. The molecule has 1 amide bonds. The molecule has 1 aromatic heterocycles. The Morgan fingerprint density at radius 2 is 1.77 bits per heavy atom. The fourth-order valence-corrected chi connectivity index (χ4v) is 4.70. The van der Waals surface area contributed by atoms with Crippen LogP contribution in [0.3, 0.4) is 0 Å². The largest absolute Gasteiger partial charge is 0.493 e. The highest BCUT2D eigenvalue weighted by atomic mass is 19.1. The van der Waals surface area contributed by atoms with Gasteiger partial charge in [0.2, 0.25) is 0 Å². The molecule has 11 heteroatoms. The zero-order chi connectivity index (χ0) is 28.8. The molecule has 2 atom stereocenters. The molecule has 1 fully saturated rings. The molecule has 1 heterocycles. The van der Waals surface area contributed by atoms with Crippen LogP contribution in [0.1, 0.15) is 59.8 Å². The second kappa shape index (κ2) is 12.9. The van der Waals surface area contributed by atoms with Crippen molar-refractivity contribution in [1.82, 2.24) is 14.9 Å². The van der Waals surface area contributed by atoms with Crippen molar-refractivity contribution in [3.63, 3.8) is 0 Å². The Balaban J connectivity index is 1.59. The summed E-state index contributed by atoms with van der Waals surface area (Å²) in [5.74, 6) is -0.213. The minimum atomic E-state index is -1.17. The van der Waals surface area contributed by atoms with Crippen molar-refractivity contribution in [2.75, 3.05) is 14.2 Å². The molecule has 0 spiro atoms. The first-order valence-corrected chi connectivity index (χ1v) is 13.1. The Morgan fingerprint density at radius 3 is 2.40 bits per heavy atom. The van der Waals surface area contributed by atoms with E-state index in [0.29, 0.717) is 22.9 Å². The SMILES string of the molecule is COc1ccc(CNC(=O)c2nc(-c3ccc(F)cc3)n(CC[C@@H](O)C[C@@H](O)CC(=O)O)c2C2CC2)cc1OC. The van der Waals surface area contributed by atoms with Crippen LogP contribution in [0, 0.1) is 5.82 Å². The molecule has 3 aromatic rings. The molecular formula is C29H34FN3O7. The van der Waals surface area contributed by atoms with Crippen molar-refractivity contribution in [1.29, 1.82) is 0 Å². The van der Waals surface area contributed by atoms with Crippen LogP contribution in [-0.2, 0) is 17.9 Å². The number of benzene rings is 2. The summed E-state index contributed by atoms with van der Waals surface area (Å²) in [5.41, 5.74) is 2.42. The van der Waals surface area contributed by atoms with E-state index in [4.69, 9.17) is 19.6 Å². The van der Waals surface area contributed by atoms with E-state index in [1.54, 1.807) is 31.4 Å². The number of carboxylic acid groups (broad SMARTS) is 1. The number of aliphatic hydroxyl groups is 2. The number of imidazole rings is 1. The average Bonchev–Trinajstić information content (AvgIpc) is 3.70.